The molecule has 0 rings (SSSR count). The molecule has 1 heteroatoms. The molecule has 0 aliphatic carbocycles. The molecule has 0 spiro atoms. The molecule has 0 aliphatic rings. The first-order valence-electron chi connectivity index (χ1n) is 5.50. The van der Waals surface area contributed by atoms with Crippen LogP contribution in [0, 0.1) is 5.92 Å². The van der Waals surface area contributed by atoms with E-state index in [4.69, 9.17) is 0 Å². The van der Waals surface area contributed by atoms with Gasteiger partial charge in [0.15, 0.2) is 0 Å². The predicted octanol–water partition coefficient (Wildman–Crippen LogP) is 3.32. The lowest BCUT2D eigenvalue weighted by Crippen LogP contribution is -2.35. The Morgan fingerprint density at radius 3 is 2.38 bits per heavy atom. The van der Waals surface area contributed by atoms with Gasteiger partial charge in [0.1, 0.15) is 0 Å². The zero-order chi connectivity index (χ0) is 10.3. The Hall–Kier alpha value is -0.300. The maximum absolute atomic E-state index is 3.92. The minimum absolute atomic E-state index is 0.552. The van der Waals surface area contributed by atoms with Gasteiger partial charge in [0.2, 0.25) is 0 Å². The molecule has 0 heterocycles. The summed E-state index contributed by atoms with van der Waals surface area (Å²) in [5, 5.41) is 0. The fraction of sp³-hybridized carbons (Fsp3) is 0.833. The minimum Gasteiger partial charge on any atom is -0.300 e. The van der Waals surface area contributed by atoms with Gasteiger partial charge in [-0.1, -0.05) is 39.7 Å². The van der Waals surface area contributed by atoms with Crippen LogP contribution in [0.25, 0.3) is 0 Å². The van der Waals surface area contributed by atoms with Crippen molar-refractivity contribution >= 4 is 0 Å². The van der Waals surface area contributed by atoms with E-state index in [1.165, 1.54) is 25.8 Å². The van der Waals surface area contributed by atoms with Crippen LogP contribution in [0.15, 0.2) is 12.7 Å². The number of hydrogen-bond acceptors (Lipinski definition) is 1. The monoisotopic (exact) mass is 183 g/mol. The Morgan fingerprint density at radius 2 is 2.00 bits per heavy atom. The molecule has 1 unspecified atom stereocenters. The van der Waals surface area contributed by atoms with Gasteiger partial charge in [-0.05, 0) is 25.9 Å². The van der Waals surface area contributed by atoms with E-state index in [0.29, 0.717) is 6.04 Å². The molecule has 0 fully saturated rings. The van der Waals surface area contributed by atoms with E-state index in [9.17, 15) is 0 Å². The second kappa shape index (κ2) is 7.14. The van der Waals surface area contributed by atoms with Crippen molar-refractivity contribution in [1.82, 2.24) is 4.90 Å². The Labute approximate surface area is 83.8 Å². The van der Waals surface area contributed by atoms with Gasteiger partial charge in [-0.25, -0.2) is 0 Å². The van der Waals surface area contributed by atoms with E-state index < -0.39 is 0 Å². The Morgan fingerprint density at radius 1 is 1.38 bits per heavy atom. The molecule has 0 saturated heterocycles. The van der Waals surface area contributed by atoms with E-state index in [1.54, 1.807) is 0 Å². The summed E-state index contributed by atoms with van der Waals surface area (Å²) >= 11 is 0. The zero-order valence-electron chi connectivity index (χ0n) is 9.71. The summed E-state index contributed by atoms with van der Waals surface area (Å²) in [5.41, 5.74) is 0. The van der Waals surface area contributed by atoms with E-state index in [1.807, 2.05) is 0 Å². The van der Waals surface area contributed by atoms with E-state index in [2.05, 4.69) is 45.4 Å². The largest absolute Gasteiger partial charge is 0.300 e. The van der Waals surface area contributed by atoms with Gasteiger partial charge >= 0.3 is 0 Å². The summed E-state index contributed by atoms with van der Waals surface area (Å²) in [4.78, 5) is 2.42. The minimum atomic E-state index is 0.552. The Bertz CT molecular complexity index is 131. The van der Waals surface area contributed by atoms with Crippen molar-refractivity contribution in [2.24, 2.45) is 5.92 Å². The van der Waals surface area contributed by atoms with E-state index >= 15 is 0 Å². The molecule has 0 saturated carbocycles. The fourth-order valence-corrected chi connectivity index (χ4v) is 1.64. The normalized spacial score (nSPS) is 15.8. The lowest BCUT2D eigenvalue weighted by Gasteiger charge is -2.29. The summed E-state index contributed by atoms with van der Waals surface area (Å²) in [6.07, 6.45) is 5.88. The summed E-state index contributed by atoms with van der Waals surface area (Å²) in [6, 6.07) is 0.552. The molecule has 0 bridgehead atoms. The fourth-order valence-electron chi connectivity index (χ4n) is 1.64. The molecule has 0 aliphatic heterocycles. The molecule has 1 nitrogen and oxygen atoms in total. The van der Waals surface area contributed by atoms with Crippen LogP contribution < -0.4 is 0 Å². The number of likely N-dealkylation sites (N-methyl/N-ethyl adjacent to an activating group) is 1. The molecule has 2 atom stereocenters. The smallest absolute Gasteiger partial charge is 0.0298 e. The SMILES string of the molecule is C=CC([C@@H](C)CC)N(C)CCCC. The second-order valence-corrected chi connectivity index (χ2v) is 3.95. The summed E-state index contributed by atoms with van der Waals surface area (Å²) in [5.74, 6) is 0.722. The van der Waals surface area contributed by atoms with Crippen LogP contribution in [-0.4, -0.2) is 24.5 Å². The molecule has 0 radical (unpaired) electrons. The van der Waals surface area contributed by atoms with Crippen molar-refractivity contribution in [2.45, 2.75) is 46.1 Å². The van der Waals surface area contributed by atoms with Crippen molar-refractivity contribution in [1.29, 1.82) is 0 Å². The van der Waals surface area contributed by atoms with Crippen molar-refractivity contribution in [3.63, 3.8) is 0 Å². The van der Waals surface area contributed by atoms with Crippen LogP contribution in [0.4, 0.5) is 0 Å². The third-order valence-electron chi connectivity index (χ3n) is 2.84. The first-order valence-corrected chi connectivity index (χ1v) is 5.50. The summed E-state index contributed by atoms with van der Waals surface area (Å²) in [6.45, 7) is 11.9. The first kappa shape index (κ1) is 12.7. The van der Waals surface area contributed by atoms with Crippen LogP contribution in [0.2, 0.25) is 0 Å². The molecule has 0 amide bonds. The summed E-state index contributed by atoms with van der Waals surface area (Å²) in [7, 11) is 2.20. The standard InChI is InChI=1S/C12H25N/c1-6-9-10-13(5)12(8-3)11(4)7-2/h8,11-12H,3,6-7,9-10H2,1-2,4-5H3/t11-,12?/m0/s1. The van der Waals surface area contributed by atoms with Crippen molar-refractivity contribution in [2.75, 3.05) is 13.6 Å². The molecule has 13 heavy (non-hydrogen) atoms. The predicted molar refractivity (Wildman–Crippen MR) is 61.0 cm³/mol. The average Bonchev–Trinajstić information content (AvgIpc) is 2.15. The number of nitrogens with zero attached hydrogens (tertiary/aromatic N) is 1. The van der Waals surface area contributed by atoms with Gasteiger partial charge in [-0.15, -0.1) is 6.58 Å². The third kappa shape index (κ3) is 4.47. The maximum Gasteiger partial charge on any atom is 0.0298 e. The lowest BCUT2D eigenvalue weighted by molar-refractivity contribution is 0.217. The van der Waals surface area contributed by atoms with Gasteiger partial charge in [0.05, 0.1) is 0 Å². The van der Waals surface area contributed by atoms with Gasteiger partial charge in [0, 0.05) is 6.04 Å². The highest BCUT2D eigenvalue weighted by molar-refractivity contribution is 4.89. The second-order valence-electron chi connectivity index (χ2n) is 3.95. The summed E-state index contributed by atoms with van der Waals surface area (Å²) < 4.78 is 0. The lowest BCUT2D eigenvalue weighted by atomic mass is 9.98. The highest BCUT2D eigenvalue weighted by Crippen LogP contribution is 2.14. The van der Waals surface area contributed by atoms with Crippen LogP contribution >= 0.6 is 0 Å². The Balaban J connectivity index is 3.98. The molecule has 0 aromatic heterocycles. The number of unbranched alkanes of at least 4 members (excludes halogenated alkanes) is 1. The first-order chi connectivity index (χ1) is 6.17. The van der Waals surface area contributed by atoms with Crippen molar-refractivity contribution < 1.29 is 0 Å². The van der Waals surface area contributed by atoms with Crippen LogP contribution in [0.5, 0.6) is 0 Å². The van der Waals surface area contributed by atoms with Gasteiger partial charge in [-0.3, -0.25) is 4.90 Å². The van der Waals surface area contributed by atoms with Crippen LogP contribution in [0.3, 0.4) is 0 Å². The van der Waals surface area contributed by atoms with Crippen LogP contribution in [0.1, 0.15) is 40.0 Å². The third-order valence-corrected chi connectivity index (χ3v) is 2.84. The Kier molecular flexibility index (Phi) is 6.97. The maximum atomic E-state index is 3.92. The van der Waals surface area contributed by atoms with Gasteiger partial charge in [-0.2, -0.15) is 0 Å². The molecule has 0 aromatic carbocycles. The van der Waals surface area contributed by atoms with E-state index in [0.717, 1.165) is 5.92 Å². The quantitative estimate of drug-likeness (QED) is 0.547. The van der Waals surface area contributed by atoms with Crippen LogP contribution in [-0.2, 0) is 0 Å². The zero-order valence-corrected chi connectivity index (χ0v) is 9.71. The average molecular weight is 183 g/mol. The number of rotatable bonds is 7. The topological polar surface area (TPSA) is 3.24 Å². The van der Waals surface area contributed by atoms with Crippen molar-refractivity contribution in [3.8, 4) is 0 Å². The number of hydrogen-bond donors (Lipinski definition) is 0. The van der Waals surface area contributed by atoms with Crippen molar-refractivity contribution in [3.05, 3.63) is 12.7 Å². The molecule has 0 aromatic rings. The molecule has 78 valence electrons. The van der Waals surface area contributed by atoms with Gasteiger partial charge in [0.25, 0.3) is 0 Å². The molecule has 0 N–H and O–H groups in total. The highest BCUT2D eigenvalue weighted by Gasteiger charge is 2.16. The van der Waals surface area contributed by atoms with Gasteiger partial charge < -0.3 is 0 Å². The molecular formula is C12H25N. The highest BCUT2D eigenvalue weighted by atomic mass is 15.1. The molecular weight excluding hydrogens is 158 g/mol. The van der Waals surface area contributed by atoms with E-state index in [-0.39, 0.29) is 0 Å².